The second-order valence-electron chi connectivity index (χ2n) is 5.44. The van der Waals surface area contributed by atoms with E-state index in [1.807, 2.05) is 24.1 Å². The van der Waals surface area contributed by atoms with E-state index in [9.17, 15) is 4.79 Å². The van der Waals surface area contributed by atoms with E-state index in [0.717, 1.165) is 18.7 Å². The predicted molar refractivity (Wildman–Crippen MR) is 89.8 cm³/mol. The number of unbranched alkanes of at least 4 members (excludes halogenated alkanes) is 2. The molecule has 0 spiro atoms. The quantitative estimate of drug-likeness (QED) is 0.788. The van der Waals surface area contributed by atoms with E-state index in [0.29, 0.717) is 6.54 Å². The predicted octanol–water partition coefficient (Wildman–Crippen LogP) is 3.58. The summed E-state index contributed by atoms with van der Waals surface area (Å²) in [5.74, 6) is 0.0850. The number of fused-ring (bicyclic) bond motifs is 1. The zero-order valence-corrected chi connectivity index (χ0v) is 12.9. The number of anilines is 1. The number of rotatable bonds is 7. The largest absolute Gasteiger partial charge is 0.365 e. The fourth-order valence-electron chi connectivity index (χ4n) is 2.38. The van der Waals surface area contributed by atoms with Gasteiger partial charge in [0.1, 0.15) is 0 Å². The van der Waals surface area contributed by atoms with Crippen LogP contribution in [0.3, 0.4) is 0 Å². The maximum Gasteiger partial charge on any atom is 0.239 e. The number of amides is 1. The van der Waals surface area contributed by atoms with Gasteiger partial charge in [-0.25, -0.2) is 0 Å². The third kappa shape index (κ3) is 4.48. The molecule has 0 atom stereocenters. The number of likely N-dealkylation sites (N-methyl/N-ethyl adjacent to an activating group) is 1. The van der Waals surface area contributed by atoms with Crippen molar-refractivity contribution in [3.63, 3.8) is 0 Å². The van der Waals surface area contributed by atoms with E-state index in [-0.39, 0.29) is 5.91 Å². The Balaban J connectivity index is 1.92. The number of carbonyl (C=O) groups excluding carboxylic acids is 1. The highest BCUT2D eigenvalue weighted by Gasteiger charge is 2.07. The van der Waals surface area contributed by atoms with Crippen molar-refractivity contribution in [2.75, 3.05) is 25.0 Å². The van der Waals surface area contributed by atoms with Crippen LogP contribution in [0.1, 0.15) is 26.2 Å². The van der Waals surface area contributed by atoms with E-state index in [1.165, 1.54) is 23.6 Å². The zero-order valence-electron chi connectivity index (χ0n) is 12.9. The van der Waals surface area contributed by atoms with Gasteiger partial charge in [0.05, 0.1) is 6.54 Å². The summed E-state index contributed by atoms with van der Waals surface area (Å²) >= 11 is 0. The Labute approximate surface area is 127 Å². The molecule has 0 aliphatic carbocycles. The summed E-state index contributed by atoms with van der Waals surface area (Å²) < 4.78 is 0. The molecule has 0 aliphatic heterocycles. The van der Waals surface area contributed by atoms with Crippen LogP contribution >= 0.6 is 0 Å². The van der Waals surface area contributed by atoms with Crippen LogP contribution in [0.5, 0.6) is 0 Å². The van der Waals surface area contributed by atoms with Gasteiger partial charge in [-0.3, -0.25) is 4.79 Å². The number of hydrogen-bond donors (Lipinski definition) is 1. The fourth-order valence-corrected chi connectivity index (χ4v) is 2.38. The summed E-state index contributed by atoms with van der Waals surface area (Å²) in [6.07, 6.45) is 3.40. The minimum absolute atomic E-state index is 0.0850. The van der Waals surface area contributed by atoms with Gasteiger partial charge in [-0.05, 0) is 29.3 Å². The first-order valence-electron chi connectivity index (χ1n) is 7.67. The molecular weight excluding hydrogens is 260 g/mol. The van der Waals surface area contributed by atoms with Gasteiger partial charge in [0.2, 0.25) is 5.91 Å². The molecule has 0 fully saturated rings. The second-order valence-corrected chi connectivity index (χ2v) is 5.44. The first-order valence-corrected chi connectivity index (χ1v) is 7.67. The Hall–Kier alpha value is -2.03. The van der Waals surface area contributed by atoms with Crippen LogP contribution in [0.2, 0.25) is 0 Å². The molecule has 0 radical (unpaired) electrons. The van der Waals surface area contributed by atoms with E-state index in [2.05, 4.69) is 42.6 Å². The standard InChI is InChI=1S/C18H24N2O/c1-3-4-7-12-19-18(21)14-20(2)17-11-10-15-8-5-6-9-16(15)13-17/h5-6,8-11,13H,3-4,7,12,14H2,1-2H3,(H,19,21). The number of nitrogens with zero attached hydrogens (tertiary/aromatic N) is 1. The third-order valence-electron chi connectivity index (χ3n) is 3.66. The number of carbonyl (C=O) groups is 1. The molecule has 0 heterocycles. The maximum absolute atomic E-state index is 11.9. The molecule has 1 amide bonds. The SMILES string of the molecule is CCCCCNC(=O)CN(C)c1ccc2ccccc2c1. The zero-order chi connectivity index (χ0) is 15.1. The molecule has 112 valence electrons. The van der Waals surface area contributed by atoms with Crippen LogP contribution in [-0.2, 0) is 4.79 Å². The summed E-state index contributed by atoms with van der Waals surface area (Å²) in [6.45, 7) is 3.33. The van der Waals surface area contributed by atoms with Crippen molar-refractivity contribution in [2.24, 2.45) is 0 Å². The van der Waals surface area contributed by atoms with Crippen molar-refractivity contribution < 1.29 is 4.79 Å². The topological polar surface area (TPSA) is 32.3 Å². The molecule has 2 aromatic rings. The maximum atomic E-state index is 11.9. The second kappa shape index (κ2) is 7.67. The Kier molecular flexibility index (Phi) is 5.61. The summed E-state index contributed by atoms with van der Waals surface area (Å²) in [4.78, 5) is 13.9. The lowest BCUT2D eigenvalue weighted by Crippen LogP contribution is -2.35. The Bertz CT molecular complexity index is 595. The van der Waals surface area contributed by atoms with Crippen molar-refractivity contribution in [1.82, 2.24) is 5.32 Å². The Morgan fingerprint density at radius 2 is 1.86 bits per heavy atom. The van der Waals surface area contributed by atoms with Gasteiger partial charge in [-0.1, -0.05) is 50.1 Å². The lowest BCUT2D eigenvalue weighted by Gasteiger charge is -2.19. The molecule has 2 aromatic carbocycles. The third-order valence-corrected chi connectivity index (χ3v) is 3.66. The van der Waals surface area contributed by atoms with Gasteiger partial charge in [-0.2, -0.15) is 0 Å². The number of hydrogen-bond acceptors (Lipinski definition) is 2. The lowest BCUT2D eigenvalue weighted by molar-refractivity contribution is -0.119. The first kappa shape index (κ1) is 15.4. The van der Waals surface area contributed by atoms with Gasteiger partial charge in [0, 0.05) is 19.3 Å². The van der Waals surface area contributed by atoms with Gasteiger partial charge >= 0.3 is 0 Å². The molecular formula is C18H24N2O. The molecule has 0 aromatic heterocycles. The van der Waals surface area contributed by atoms with E-state index in [1.54, 1.807) is 0 Å². The minimum atomic E-state index is 0.0850. The smallest absolute Gasteiger partial charge is 0.239 e. The van der Waals surface area contributed by atoms with Crippen LogP contribution in [0.25, 0.3) is 10.8 Å². The number of benzene rings is 2. The van der Waals surface area contributed by atoms with E-state index < -0.39 is 0 Å². The molecule has 0 unspecified atom stereocenters. The Morgan fingerprint density at radius 1 is 1.10 bits per heavy atom. The van der Waals surface area contributed by atoms with Crippen molar-refractivity contribution in [1.29, 1.82) is 0 Å². The highest BCUT2D eigenvalue weighted by Crippen LogP contribution is 2.20. The van der Waals surface area contributed by atoms with Crippen LogP contribution in [0, 0.1) is 0 Å². The van der Waals surface area contributed by atoms with Gasteiger partial charge in [0.15, 0.2) is 0 Å². The van der Waals surface area contributed by atoms with Crippen LogP contribution in [0.4, 0.5) is 5.69 Å². The summed E-state index contributed by atoms with van der Waals surface area (Å²) in [5.41, 5.74) is 1.07. The lowest BCUT2D eigenvalue weighted by atomic mass is 10.1. The normalized spacial score (nSPS) is 10.6. The summed E-state index contributed by atoms with van der Waals surface area (Å²) in [5, 5.41) is 5.39. The molecule has 21 heavy (non-hydrogen) atoms. The average Bonchev–Trinajstić information content (AvgIpc) is 2.51. The highest BCUT2D eigenvalue weighted by molar-refractivity contribution is 5.87. The molecule has 1 N–H and O–H groups in total. The highest BCUT2D eigenvalue weighted by atomic mass is 16.2. The fraction of sp³-hybridized carbons (Fsp3) is 0.389. The molecule has 0 aliphatic rings. The molecule has 3 heteroatoms. The Morgan fingerprint density at radius 3 is 2.62 bits per heavy atom. The van der Waals surface area contributed by atoms with Gasteiger partial charge < -0.3 is 10.2 Å². The molecule has 0 saturated heterocycles. The molecule has 0 bridgehead atoms. The summed E-state index contributed by atoms with van der Waals surface area (Å²) in [7, 11) is 1.95. The van der Waals surface area contributed by atoms with Gasteiger partial charge in [-0.15, -0.1) is 0 Å². The van der Waals surface area contributed by atoms with Crippen LogP contribution in [-0.4, -0.2) is 26.0 Å². The van der Waals surface area contributed by atoms with Crippen molar-refractivity contribution in [3.8, 4) is 0 Å². The van der Waals surface area contributed by atoms with Crippen molar-refractivity contribution in [3.05, 3.63) is 42.5 Å². The van der Waals surface area contributed by atoms with Crippen molar-refractivity contribution >= 4 is 22.4 Å². The minimum Gasteiger partial charge on any atom is -0.365 e. The molecule has 2 rings (SSSR count). The number of nitrogens with one attached hydrogen (secondary N) is 1. The van der Waals surface area contributed by atoms with Crippen LogP contribution < -0.4 is 10.2 Å². The summed E-state index contributed by atoms with van der Waals surface area (Å²) in [6, 6.07) is 14.5. The monoisotopic (exact) mass is 284 g/mol. The van der Waals surface area contributed by atoms with Gasteiger partial charge in [0.25, 0.3) is 0 Å². The van der Waals surface area contributed by atoms with E-state index >= 15 is 0 Å². The van der Waals surface area contributed by atoms with Crippen molar-refractivity contribution in [2.45, 2.75) is 26.2 Å². The van der Waals surface area contributed by atoms with E-state index in [4.69, 9.17) is 0 Å². The first-order chi connectivity index (χ1) is 10.2. The average molecular weight is 284 g/mol. The molecule has 3 nitrogen and oxygen atoms in total. The van der Waals surface area contributed by atoms with Crippen LogP contribution in [0.15, 0.2) is 42.5 Å². The molecule has 0 saturated carbocycles.